The Morgan fingerprint density at radius 1 is 0.661 bits per heavy atom. The van der Waals surface area contributed by atoms with Crippen LogP contribution in [0.2, 0.25) is 20.1 Å². The molecular formula is C80H65Cl4F5N13O10+. The van der Waals surface area contributed by atoms with Gasteiger partial charge in [-0.2, -0.15) is 17.6 Å². The first-order chi connectivity index (χ1) is 53.6. The van der Waals surface area contributed by atoms with Crippen LogP contribution in [0.3, 0.4) is 0 Å². The number of benzene rings is 7. The largest absolute Gasteiger partial charge is 0.495 e. The highest BCUT2D eigenvalue weighted by Crippen LogP contribution is 2.48. The maximum Gasteiger partial charge on any atom is 0.405 e. The van der Waals surface area contributed by atoms with Crippen molar-refractivity contribution in [2.24, 2.45) is 7.05 Å². The van der Waals surface area contributed by atoms with E-state index in [0.29, 0.717) is 95.3 Å². The number of halogens is 9. The third-order valence-electron chi connectivity index (χ3n) is 17.5. The van der Waals surface area contributed by atoms with Gasteiger partial charge in [0.1, 0.15) is 59.2 Å². The van der Waals surface area contributed by atoms with Crippen molar-refractivity contribution in [2.45, 2.75) is 32.5 Å². The summed E-state index contributed by atoms with van der Waals surface area (Å²) in [6, 6.07) is 32.3. The normalized spacial score (nSPS) is 11.6. The minimum Gasteiger partial charge on any atom is -0.495 e. The van der Waals surface area contributed by atoms with Crippen LogP contribution in [0.15, 0.2) is 188 Å². The highest BCUT2D eigenvalue weighted by Gasteiger charge is 2.30. The molecule has 0 spiro atoms. The zero-order chi connectivity index (χ0) is 80.0. The zero-order valence-electron chi connectivity index (χ0n) is 60.0. The molecule has 7 N–H and O–H groups in total. The van der Waals surface area contributed by atoms with E-state index in [9.17, 15) is 37.1 Å². The summed E-state index contributed by atoms with van der Waals surface area (Å²) in [4.78, 5) is 80.3. The van der Waals surface area contributed by atoms with E-state index >= 15 is 8.78 Å². The number of para-hydroxylation sites is 2. The number of nitrogens with zero attached hydrogens (tertiary/aromatic N) is 6. The topological polar surface area (TPSA) is 268 Å². The monoisotopic (exact) mass is 1600 g/mol. The smallest absolute Gasteiger partial charge is 0.405 e. The van der Waals surface area contributed by atoms with Crippen LogP contribution in [-0.2, 0) is 21.4 Å². The number of urea groups is 1. The molecule has 0 aliphatic rings. The molecule has 112 heavy (non-hydrogen) atoms. The number of aryl methyl sites for hydroxylation is 2. The first-order valence-electron chi connectivity index (χ1n) is 33.8. The Labute approximate surface area is 655 Å². The Hall–Kier alpha value is -12.8. The molecular weight excluding hydrogens is 1540 g/mol. The van der Waals surface area contributed by atoms with E-state index in [-0.39, 0.29) is 78.8 Å². The van der Waals surface area contributed by atoms with E-state index in [0.717, 1.165) is 35.9 Å². The molecule has 5 heterocycles. The summed E-state index contributed by atoms with van der Waals surface area (Å²) in [7, 11) is 5.84. The van der Waals surface area contributed by atoms with E-state index in [4.69, 9.17) is 70.1 Å². The average molecular weight is 1610 g/mol. The number of anilines is 8. The standard InChI is InChI=1S/C80H64Cl4F5N13O10/c1-9-64(103)94-54-16-12-11-15-50(54)43-22-26-102-58(39-101(67(102)32-43)25-23-66(105)96-56-21-19-52(85)74(86)76(56)99-78-91-37-46-28-44(18-20-53(46)97-78)68-70(81)59(108-6)35-60(109-7)71(68)82)45-29-48(93-79(107)92-40-80(87,88)89)33-49(30-45)112-42(4)24-27-111-62-36-61(110-8)72(83)69(73(62)84)51-31-47-38-90-63(34-57(47)100(5)77(51)106)98-75-41(3)14-13-17-55(75)95-65(104)10-2/h9-23,25-26,28-39,42H,1-2,24,27,40H2,3-8H3,(H6,90,91,92,93,95,96,97,98,99,104,105,106,107)/p+1. The molecule has 0 fully saturated rings. The van der Waals surface area contributed by atoms with Gasteiger partial charge in [-0.3, -0.25) is 19.2 Å². The minimum absolute atomic E-state index is 0.00766. The molecule has 7 aromatic carbocycles. The highest BCUT2D eigenvalue weighted by atomic mass is 35.5. The van der Waals surface area contributed by atoms with Gasteiger partial charge in [0, 0.05) is 107 Å². The fourth-order valence-corrected chi connectivity index (χ4v) is 13.5. The summed E-state index contributed by atoms with van der Waals surface area (Å²) in [5.74, 6) is -3.29. The second kappa shape index (κ2) is 33.6. The third kappa shape index (κ3) is 17.3. The van der Waals surface area contributed by atoms with Gasteiger partial charge in [-0.05, 0) is 103 Å². The van der Waals surface area contributed by atoms with Crippen molar-refractivity contribution in [1.29, 1.82) is 0 Å². The lowest BCUT2D eigenvalue weighted by atomic mass is 10.0. The van der Waals surface area contributed by atoms with Crippen molar-refractivity contribution in [3.63, 3.8) is 0 Å². The van der Waals surface area contributed by atoms with Gasteiger partial charge in [0.15, 0.2) is 17.3 Å². The van der Waals surface area contributed by atoms with Crippen molar-refractivity contribution >= 4 is 150 Å². The molecule has 32 heteroatoms. The van der Waals surface area contributed by atoms with Gasteiger partial charge in [-0.1, -0.05) is 96.0 Å². The molecule has 0 aliphatic heterocycles. The zero-order valence-corrected chi connectivity index (χ0v) is 63.0. The van der Waals surface area contributed by atoms with E-state index < -0.39 is 65.5 Å². The second-order valence-corrected chi connectivity index (χ2v) is 26.5. The van der Waals surface area contributed by atoms with Gasteiger partial charge in [0.25, 0.3) is 17.1 Å². The third-order valence-corrected chi connectivity index (χ3v) is 19.0. The lowest BCUT2D eigenvalue weighted by molar-refractivity contribution is -0.537. The first-order valence-corrected chi connectivity index (χ1v) is 35.3. The Morgan fingerprint density at radius 2 is 1.32 bits per heavy atom. The average Bonchev–Trinajstić information content (AvgIpc) is 1.25. The molecule has 12 aromatic rings. The van der Waals surface area contributed by atoms with Crippen LogP contribution in [0.5, 0.6) is 28.7 Å². The molecule has 0 saturated carbocycles. The summed E-state index contributed by atoms with van der Waals surface area (Å²) < 4.78 is 106. The van der Waals surface area contributed by atoms with Crippen LogP contribution in [0.25, 0.3) is 78.3 Å². The number of carbonyl (C=O) groups is 4. The van der Waals surface area contributed by atoms with Crippen molar-refractivity contribution < 1.29 is 69.4 Å². The summed E-state index contributed by atoms with van der Waals surface area (Å²) >= 11 is 27.6. The van der Waals surface area contributed by atoms with Gasteiger partial charge in [-0.25, -0.2) is 33.1 Å². The predicted octanol–water partition coefficient (Wildman–Crippen LogP) is 18.1. The first kappa shape index (κ1) is 78.8. The number of nitrogens with one attached hydrogen (secondary N) is 7. The molecule has 23 nitrogen and oxygen atoms in total. The number of carbonyl (C=O) groups excluding carboxylic acids is 4. The van der Waals surface area contributed by atoms with Crippen LogP contribution in [0.1, 0.15) is 18.9 Å². The number of alkyl halides is 3. The number of hydrogen-bond donors (Lipinski definition) is 7. The molecule has 1 unspecified atom stereocenters. The molecule has 572 valence electrons. The fraction of sp³-hybridized carbons (Fsp3) is 0.138. The number of aromatic nitrogens is 6. The molecule has 12 rings (SSSR count). The number of methoxy groups -OCH3 is 3. The Kier molecular flexibility index (Phi) is 23.7. The van der Waals surface area contributed by atoms with E-state index in [2.05, 4.69) is 60.0 Å². The molecule has 0 saturated heterocycles. The Balaban J connectivity index is 0.835. The number of amides is 5. The summed E-state index contributed by atoms with van der Waals surface area (Å²) in [5, 5.41) is 19.9. The van der Waals surface area contributed by atoms with Crippen LogP contribution in [0, 0.1) is 18.6 Å². The van der Waals surface area contributed by atoms with Gasteiger partial charge >= 0.3 is 12.2 Å². The number of hydrogen-bond acceptors (Lipinski definition) is 15. The number of rotatable bonds is 26. The SMILES string of the molecule is C=CC(=O)Nc1ccccc1-c1ccn2c(-c3cc(NC(=O)NCC(F)(F)F)cc(OC(C)CCOc4cc(OC)c(Cl)c(-c5cc6cnc(Nc7c(C)cccc7NC(=O)C=C)cc6n(C)c5=O)c4Cl)c3)c[n+](C=CC(=O)Nc3ccc(F)c(F)c3Nc3ncc4cc(-c5c(Cl)c(OC)cc(OC)c5Cl)ccc4n3)c2c1. The van der Waals surface area contributed by atoms with Crippen LogP contribution < -0.4 is 71.0 Å². The number of fused-ring (bicyclic) bond motifs is 3. The summed E-state index contributed by atoms with van der Waals surface area (Å²) in [6.45, 7) is 8.93. The maximum absolute atomic E-state index is 16.0. The predicted molar refractivity (Wildman–Crippen MR) is 425 cm³/mol. The van der Waals surface area contributed by atoms with Crippen LogP contribution >= 0.6 is 46.4 Å². The minimum atomic E-state index is -4.76. The number of ether oxygens (including phenoxy) is 5. The molecule has 0 radical (unpaired) electrons. The van der Waals surface area contributed by atoms with Gasteiger partial charge in [0.2, 0.25) is 17.8 Å². The summed E-state index contributed by atoms with van der Waals surface area (Å²) in [5.41, 5.74) is 5.12. The van der Waals surface area contributed by atoms with Crippen molar-refractivity contribution in [1.82, 2.24) is 29.2 Å². The Bertz CT molecular complexity index is 5880. The highest BCUT2D eigenvalue weighted by molar-refractivity contribution is 6.42. The van der Waals surface area contributed by atoms with Crippen LogP contribution in [0.4, 0.5) is 72.6 Å². The molecule has 0 aliphatic carbocycles. The Morgan fingerprint density at radius 3 is 2.04 bits per heavy atom. The lowest BCUT2D eigenvalue weighted by Crippen LogP contribution is -2.36. The molecule has 5 aromatic heterocycles. The number of imidazole rings is 1. The molecule has 1 atom stereocenters. The van der Waals surface area contributed by atoms with Crippen molar-refractivity contribution in [2.75, 3.05) is 66.4 Å². The van der Waals surface area contributed by atoms with Crippen LogP contribution in [-0.4, -0.2) is 94.4 Å². The fourth-order valence-electron chi connectivity index (χ4n) is 12.1. The van der Waals surface area contributed by atoms with Gasteiger partial charge < -0.3 is 65.5 Å². The van der Waals surface area contributed by atoms with Gasteiger partial charge in [-0.15, -0.1) is 0 Å². The lowest BCUT2D eigenvalue weighted by Gasteiger charge is -2.19. The van der Waals surface area contributed by atoms with Gasteiger partial charge in [0.05, 0.1) is 94.0 Å². The molecule has 0 bridgehead atoms. The second-order valence-electron chi connectivity index (χ2n) is 25.0. The number of pyridine rings is 3. The maximum atomic E-state index is 16.0. The van der Waals surface area contributed by atoms with E-state index in [1.54, 1.807) is 128 Å². The van der Waals surface area contributed by atoms with Crippen molar-refractivity contribution in [3.05, 3.63) is 231 Å². The van der Waals surface area contributed by atoms with E-state index in [1.165, 1.54) is 61.1 Å². The van der Waals surface area contributed by atoms with Crippen molar-refractivity contribution in [3.8, 4) is 73.4 Å². The van der Waals surface area contributed by atoms with E-state index in [1.807, 2.05) is 18.3 Å². The summed E-state index contributed by atoms with van der Waals surface area (Å²) in [6.07, 6.45) is 5.62. The molecule has 5 amide bonds. The quantitative estimate of drug-likeness (QED) is 0.0151.